The number of aliphatic carboxylic acids is 1. The number of carbonyl (C=O) groups is 2. The van der Waals surface area contributed by atoms with Crippen molar-refractivity contribution in [1.82, 2.24) is 4.90 Å². The lowest BCUT2D eigenvalue weighted by molar-refractivity contribution is -0.152. The first-order valence-corrected chi connectivity index (χ1v) is 4.27. The molecule has 1 rings (SSSR count). The van der Waals surface area contributed by atoms with Gasteiger partial charge in [0.25, 0.3) is 0 Å². The molecule has 0 spiro atoms. The maximum absolute atomic E-state index is 11.3. The standard InChI is InChI=1S/C8H14N2O3/c1-5(9)2-7(11)10-3-6(4-10)8(12)13/h5-6H,2-4,9H2,1H3,(H,12,13). The molecule has 0 aromatic carbocycles. The lowest BCUT2D eigenvalue weighted by atomic mass is 9.99. The third-order valence-electron chi connectivity index (χ3n) is 2.08. The number of amides is 1. The van der Waals surface area contributed by atoms with Crippen molar-refractivity contribution in [3.63, 3.8) is 0 Å². The van der Waals surface area contributed by atoms with Crippen LogP contribution in [0.5, 0.6) is 0 Å². The summed E-state index contributed by atoms with van der Waals surface area (Å²) in [6.07, 6.45) is 0.298. The summed E-state index contributed by atoms with van der Waals surface area (Å²) in [7, 11) is 0. The molecular weight excluding hydrogens is 172 g/mol. The zero-order valence-corrected chi connectivity index (χ0v) is 7.56. The Hall–Kier alpha value is -1.10. The maximum Gasteiger partial charge on any atom is 0.310 e. The molecule has 74 valence electrons. The molecule has 0 saturated carbocycles. The number of nitrogens with two attached hydrogens (primary N) is 1. The molecule has 1 atom stereocenters. The fraction of sp³-hybridized carbons (Fsp3) is 0.750. The van der Waals surface area contributed by atoms with E-state index in [1.807, 2.05) is 0 Å². The smallest absolute Gasteiger partial charge is 0.310 e. The number of carboxylic acid groups (broad SMARTS) is 1. The number of hydrogen-bond donors (Lipinski definition) is 2. The second kappa shape index (κ2) is 3.74. The molecule has 1 aliphatic rings. The Morgan fingerprint density at radius 1 is 1.62 bits per heavy atom. The van der Waals surface area contributed by atoms with E-state index in [9.17, 15) is 9.59 Å². The predicted octanol–water partition coefficient (Wildman–Crippen LogP) is -0.733. The van der Waals surface area contributed by atoms with Gasteiger partial charge in [-0.3, -0.25) is 9.59 Å². The van der Waals surface area contributed by atoms with E-state index < -0.39 is 5.97 Å². The van der Waals surface area contributed by atoms with Gasteiger partial charge in [-0.1, -0.05) is 0 Å². The predicted molar refractivity (Wildman–Crippen MR) is 46.0 cm³/mol. The molecule has 13 heavy (non-hydrogen) atoms. The quantitative estimate of drug-likeness (QED) is 0.608. The van der Waals surface area contributed by atoms with Gasteiger partial charge in [-0.2, -0.15) is 0 Å². The first kappa shape index (κ1) is 9.98. The minimum atomic E-state index is -0.829. The van der Waals surface area contributed by atoms with Crippen molar-refractivity contribution in [3.8, 4) is 0 Å². The summed E-state index contributed by atoms with van der Waals surface area (Å²) >= 11 is 0. The highest BCUT2D eigenvalue weighted by Crippen LogP contribution is 2.16. The Morgan fingerprint density at radius 3 is 2.54 bits per heavy atom. The number of likely N-dealkylation sites (tertiary alicyclic amines) is 1. The van der Waals surface area contributed by atoms with E-state index >= 15 is 0 Å². The Kier molecular flexibility index (Phi) is 2.87. The van der Waals surface area contributed by atoms with Crippen LogP contribution in [0.1, 0.15) is 13.3 Å². The van der Waals surface area contributed by atoms with Crippen LogP contribution in [0, 0.1) is 5.92 Å². The SMILES string of the molecule is CC(N)CC(=O)N1CC(C(=O)O)C1. The van der Waals surface area contributed by atoms with E-state index in [4.69, 9.17) is 10.8 Å². The molecule has 1 heterocycles. The molecule has 5 heteroatoms. The minimum Gasteiger partial charge on any atom is -0.481 e. The van der Waals surface area contributed by atoms with Gasteiger partial charge < -0.3 is 15.7 Å². The molecule has 1 saturated heterocycles. The summed E-state index contributed by atoms with van der Waals surface area (Å²) in [5.41, 5.74) is 5.44. The van der Waals surface area contributed by atoms with E-state index in [0.29, 0.717) is 19.5 Å². The summed E-state index contributed by atoms with van der Waals surface area (Å²) in [5, 5.41) is 8.55. The zero-order valence-electron chi connectivity index (χ0n) is 7.56. The Labute approximate surface area is 76.5 Å². The zero-order chi connectivity index (χ0) is 10.0. The number of carboxylic acids is 1. The van der Waals surface area contributed by atoms with Crippen LogP contribution in [0.25, 0.3) is 0 Å². The molecule has 1 aliphatic heterocycles. The highest BCUT2D eigenvalue weighted by atomic mass is 16.4. The lowest BCUT2D eigenvalue weighted by Gasteiger charge is -2.37. The number of carbonyl (C=O) groups excluding carboxylic acids is 1. The molecule has 3 N–H and O–H groups in total. The number of rotatable bonds is 3. The average Bonchev–Trinajstić information content (AvgIpc) is 1.79. The molecule has 1 fully saturated rings. The van der Waals surface area contributed by atoms with E-state index in [1.165, 1.54) is 4.90 Å². The second-order valence-corrected chi connectivity index (χ2v) is 3.52. The average molecular weight is 186 g/mol. The van der Waals surface area contributed by atoms with Crippen molar-refractivity contribution in [2.24, 2.45) is 11.7 Å². The van der Waals surface area contributed by atoms with Crippen molar-refractivity contribution in [2.75, 3.05) is 13.1 Å². The first-order valence-electron chi connectivity index (χ1n) is 4.27. The van der Waals surface area contributed by atoms with Crippen molar-refractivity contribution in [2.45, 2.75) is 19.4 Å². The summed E-state index contributed by atoms with van der Waals surface area (Å²) < 4.78 is 0. The summed E-state index contributed by atoms with van der Waals surface area (Å²) in [5.74, 6) is -1.26. The minimum absolute atomic E-state index is 0.0486. The topological polar surface area (TPSA) is 83.6 Å². The second-order valence-electron chi connectivity index (χ2n) is 3.52. The van der Waals surface area contributed by atoms with Crippen molar-refractivity contribution in [1.29, 1.82) is 0 Å². The third kappa shape index (κ3) is 2.42. The van der Waals surface area contributed by atoms with Gasteiger partial charge in [0.15, 0.2) is 0 Å². The molecule has 0 aromatic rings. The van der Waals surface area contributed by atoms with Crippen LogP contribution in [0.4, 0.5) is 0 Å². The van der Waals surface area contributed by atoms with E-state index in [0.717, 1.165) is 0 Å². The van der Waals surface area contributed by atoms with Crippen molar-refractivity contribution >= 4 is 11.9 Å². The molecule has 1 unspecified atom stereocenters. The number of nitrogens with zero attached hydrogens (tertiary/aromatic N) is 1. The third-order valence-corrected chi connectivity index (χ3v) is 2.08. The molecular formula is C8H14N2O3. The van der Waals surface area contributed by atoms with Gasteiger partial charge in [-0.15, -0.1) is 0 Å². The summed E-state index contributed by atoms with van der Waals surface area (Å²) in [6, 6.07) is -0.156. The lowest BCUT2D eigenvalue weighted by Crippen LogP contribution is -2.53. The van der Waals surface area contributed by atoms with Crippen LogP contribution in [0.15, 0.2) is 0 Å². The van der Waals surface area contributed by atoms with Gasteiger partial charge in [0.05, 0.1) is 5.92 Å². The molecule has 0 radical (unpaired) electrons. The van der Waals surface area contributed by atoms with E-state index in [1.54, 1.807) is 6.92 Å². The molecule has 1 amide bonds. The Morgan fingerprint density at radius 2 is 2.15 bits per heavy atom. The van der Waals surface area contributed by atoms with Gasteiger partial charge in [-0.25, -0.2) is 0 Å². The molecule has 0 aliphatic carbocycles. The molecule has 0 aromatic heterocycles. The monoisotopic (exact) mass is 186 g/mol. The fourth-order valence-electron chi connectivity index (χ4n) is 1.24. The molecule has 0 bridgehead atoms. The van der Waals surface area contributed by atoms with E-state index in [-0.39, 0.29) is 17.9 Å². The van der Waals surface area contributed by atoms with Crippen LogP contribution >= 0.6 is 0 Å². The largest absolute Gasteiger partial charge is 0.481 e. The maximum atomic E-state index is 11.3. The Bertz CT molecular complexity index is 221. The first-order chi connectivity index (χ1) is 6.00. The van der Waals surface area contributed by atoms with Gasteiger partial charge >= 0.3 is 5.97 Å². The van der Waals surface area contributed by atoms with Gasteiger partial charge in [-0.05, 0) is 6.92 Å². The van der Waals surface area contributed by atoms with Crippen LogP contribution in [-0.2, 0) is 9.59 Å². The van der Waals surface area contributed by atoms with Crippen LogP contribution in [0.2, 0.25) is 0 Å². The summed E-state index contributed by atoms with van der Waals surface area (Å²) in [6.45, 7) is 2.42. The fourth-order valence-corrected chi connectivity index (χ4v) is 1.24. The van der Waals surface area contributed by atoms with Crippen LogP contribution in [0.3, 0.4) is 0 Å². The highest BCUT2D eigenvalue weighted by molar-refractivity contribution is 5.81. The van der Waals surface area contributed by atoms with Gasteiger partial charge in [0, 0.05) is 25.6 Å². The van der Waals surface area contributed by atoms with E-state index in [2.05, 4.69) is 0 Å². The molecule has 5 nitrogen and oxygen atoms in total. The van der Waals surface area contributed by atoms with Crippen LogP contribution in [-0.4, -0.2) is 41.0 Å². The van der Waals surface area contributed by atoms with Crippen LogP contribution < -0.4 is 5.73 Å². The van der Waals surface area contributed by atoms with Crippen molar-refractivity contribution < 1.29 is 14.7 Å². The normalized spacial score (nSPS) is 19.4. The summed E-state index contributed by atoms with van der Waals surface area (Å²) in [4.78, 5) is 23.2. The van der Waals surface area contributed by atoms with Crippen molar-refractivity contribution in [3.05, 3.63) is 0 Å². The number of hydrogen-bond acceptors (Lipinski definition) is 3. The van der Waals surface area contributed by atoms with Gasteiger partial charge in [0.1, 0.15) is 0 Å². The Balaban J connectivity index is 2.27. The van der Waals surface area contributed by atoms with Gasteiger partial charge in [0.2, 0.25) is 5.91 Å². The highest BCUT2D eigenvalue weighted by Gasteiger charge is 2.35.